The summed E-state index contributed by atoms with van der Waals surface area (Å²) in [6.45, 7) is 5.77. The van der Waals surface area contributed by atoms with E-state index in [1.165, 1.54) is 18.2 Å². The first kappa shape index (κ1) is 16.0. The molecule has 2 rings (SSSR count). The maximum Gasteiger partial charge on any atom is 0.226 e. The van der Waals surface area contributed by atoms with E-state index in [2.05, 4.69) is 19.2 Å². The summed E-state index contributed by atoms with van der Waals surface area (Å²) in [4.78, 5) is 14.0. The van der Waals surface area contributed by atoms with E-state index in [9.17, 15) is 9.18 Å². The number of hydrogen-bond donors (Lipinski definition) is 1. The van der Waals surface area contributed by atoms with Gasteiger partial charge in [0.15, 0.2) is 0 Å². The highest BCUT2D eigenvalue weighted by atomic mass is 35.5. The highest BCUT2D eigenvalue weighted by Crippen LogP contribution is 2.24. The zero-order valence-corrected chi connectivity index (χ0v) is 13.0. The third-order valence-corrected chi connectivity index (χ3v) is 3.67. The molecule has 1 amide bonds. The Morgan fingerprint density at radius 1 is 1.43 bits per heavy atom. The minimum absolute atomic E-state index is 0.0634. The standard InChI is InChI=1S/C15H20ClFN2O2/c1-10-8-19(9-11(2)18-10)15(20)5-6-21-14-4-3-12(17)7-13(14)16/h3-4,7,10-11,18H,5-6,8-9H2,1-2H3. The molecule has 1 aliphatic rings. The number of nitrogens with zero attached hydrogens (tertiary/aromatic N) is 1. The Morgan fingerprint density at radius 2 is 2.10 bits per heavy atom. The molecule has 1 saturated heterocycles. The minimum Gasteiger partial charge on any atom is -0.491 e. The smallest absolute Gasteiger partial charge is 0.226 e. The molecule has 4 nitrogen and oxygen atoms in total. The number of hydrogen-bond acceptors (Lipinski definition) is 3. The van der Waals surface area contributed by atoms with Crippen LogP contribution in [0.2, 0.25) is 5.02 Å². The fourth-order valence-electron chi connectivity index (χ4n) is 2.53. The Morgan fingerprint density at radius 3 is 2.71 bits per heavy atom. The maximum atomic E-state index is 12.9. The number of halogens is 2. The molecule has 1 aromatic rings. The predicted octanol–water partition coefficient (Wildman–Crippen LogP) is 2.46. The molecule has 1 aliphatic heterocycles. The number of carbonyl (C=O) groups excluding carboxylic acids is 1. The largest absolute Gasteiger partial charge is 0.491 e. The van der Waals surface area contributed by atoms with Crippen molar-refractivity contribution in [3.63, 3.8) is 0 Å². The van der Waals surface area contributed by atoms with Crippen LogP contribution in [0.15, 0.2) is 18.2 Å². The maximum absolute atomic E-state index is 12.9. The second-order valence-corrected chi connectivity index (χ2v) is 5.85. The van der Waals surface area contributed by atoms with Crippen LogP contribution in [0.1, 0.15) is 20.3 Å². The number of carbonyl (C=O) groups is 1. The van der Waals surface area contributed by atoms with Gasteiger partial charge < -0.3 is 15.0 Å². The van der Waals surface area contributed by atoms with Gasteiger partial charge in [-0.25, -0.2) is 4.39 Å². The zero-order chi connectivity index (χ0) is 15.4. The van der Waals surface area contributed by atoms with Crippen molar-refractivity contribution in [2.45, 2.75) is 32.4 Å². The lowest BCUT2D eigenvalue weighted by Crippen LogP contribution is -2.56. The van der Waals surface area contributed by atoms with Crippen LogP contribution in [0.4, 0.5) is 4.39 Å². The average molecular weight is 315 g/mol. The molecule has 1 fully saturated rings. The van der Waals surface area contributed by atoms with Crippen molar-refractivity contribution in [1.29, 1.82) is 0 Å². The third-order valence-electron chi connectivity index (χ3n) is 3.38. The van der Waals surface area contributed by atoms with Crippen molar-refractivity contribution in [2.75, 3.05) is 19.7 Å². The molecule has 0 radical (unpaired) electrons. The molecular formula is C15H20ClFN2O2. The van der Waals surface area contributed by atoms with E-state index >= 15 is 0 Å². The normalized spacial score (nSPS) is 22.2. The van der Waals surface area contributed by atoms with Gasteiger partial charge in [-0.2, -0.15) is 0 Å². The fourth-order valence-corrected chi connectivity index (χ4v) is 2.75. The minimum atomic E-state index is -0.410. The lowest BCUT2D eigenvalue weighted by molar-refractivity contribution is -0.133. The first-order valence-corrected chi connectivity index (χ1v) is 7.45. The van der Waals surface area contributed by atoms with E-state index in [4.69, 9.17) is 16.3 Å². The lowest BCUT2D eigenvalue weighted by atomic mass is 10.1. The van der Waals surface area contributed by atoms with Crippen LogP contribution in [0, 0.1) is 5.82 Å². The summed E-state index contributed by atoms with van der Waals surface area (Å²) in [5.41, 5.74) is 0. The predicted molar refractivity (Wildman–Crippen MR) is 80.2 cm³/mol. The van der Waals surface area contributed by atoms with Gasteiger partial charge >= 0.3 is 0 Å². The highest BCUT2D eigenvalue weighted by Gasteiger charge is 2.24. The Bertz CT molecular complexity index is 502. The van der Waals surface area contributed by atoms with E-state index in [-0.39, 0.29) is 24.0 Å². The summed E-state index contributed by atoms with van der Waals surface area (Å²) >= 11 is 5.86. The monoisotopic (exact) mass is 314 g/mol. The number of piperazine rings is 1. The molecule has 0 saturated carbocycles. The molecule has 0 aliphatic carbocycles. The van der Waals surface area contributed by atoms with Crippen LogP contribution >= 0.6 is 11.6 Å². The van der Waals surface area contributed by atoms with Gasteiger partial charge in [0, 0.05) is 25.2 Å². The third kappa shape index (κ3) is 4.58. The number of nitrogens with one attached hydrogen (secondary N) is 1. The fraction of sp³-hybridized carbons (Fsp3) is 0.533. The van der Waals surface area contributed by atoms with Crippen LogP contribution in [0.3, 0.4) is 0 Å². The van der Waals surface area contributed by atoms with Crippen LogP contribution in [-0.4, -0.2) is 42.6 Å². The van der Waals surface area contributed by atoms with Gasteiger partial charge in [-0.3, -0.25) is 4.79 Å². The number of amides is 1. The molecule has 2 unspecified atom stereocenters. The van der Waals surface area contributed by atoms with Crippen LogP contribution < -0.4 is 10.1 Å². The van der Waals surface area contributed by atoms with E-state index in [0.29, 0.717) is 30.9 Å². The number of ether oxygens (including phenoxy) is 1. The van der Waals surface area contributed by atoms with Crippen LogP contribution in [0.5, 0.6) is 5.75 Å². The average Bonchev–Trinajstić information content (AvgIpc) is 2.40. The number of rotatable bonds is 4. The van der Waals surface area contributed by atoms with Gasteiger partial charge in [0.25, 0.3) is 0 Å². The summed E-state index contributed by atoms with van der Waals surface area (Å²) in [6.07, 6.45) is 0.285. The van der Waals surface area contributed by atoms with Crippen LogP contribution in [0.25, 0.3) is 0 Å². The van der Waals surface area contributed by atoms with Crippen molar-refractivity contribution >= 4 is 17.5 Å². The Balaban J connectivity index is 1.81. The van der Waals surface area contributed by atoms with Gasteiger partial charge in [0.1, 0.15) is 11.6 Å². The van der Waals surface area contributed by atoms with Crippen molar-refractivity contribution in [2.24, 2.45) is 0 Å². The molecule has 2 atom stereocenters. The molecule has 1 aromatic carbocycles. The zero-order valence-electron chi connectivity index (χ0n) is 12.2. The lowest BCUT2D eigenvalue weighted by Gasteiger charge is -2.36. The molecule has 1 N–H and O–H groups in total. The van der Waals surface area contributed by atoms with Gasteiger partial charge in [0.05, 0.1) is 18.1 Å². The van der Waals surface area contributed by atoms with Crippen molar-refractivity contribution in [1.82, 2.24) is 10.2 Å². The summed E-state index contributed by atoms with van der Waals surface area (Å²) < 4.78 is 18.4. The Hall–Kier alpha value is -1.33. The van der Waals surface area contributed by atoms with Crippen molar-refractivity contribution in [3.8, 4) is 5.75 Å². The summed E-state index contributed by atoms with van der Waals surface area (Å²) in [6, 6.07) is 4.54. The molecule has 0 spiro atoms. The second kappa shape index (κ2) is 7.09. The first-order chi connectivity index (χ1) is 9.95. The van der Waals surface area contributed by atoms with E-state index < -0.39 is 5.82 Å². The Labute approximate surface area is 129 Å². The topological polar surface area (TPSA) is 41.6 Å². The van der Waals surface area contributed by atoms with E-state index in [1.807, 2.05) is 4.90 Å². The first-order valence-electron chi connectivity index (χ1n) is 7.07. The summed E-state index contributed by atoms with van der Waals surface area (Å²) in [5, 5.41) is 3.60. The molecule has 116 valence electrons. The van der Waals surface area contributed by atoms with E-state index in [0.717, 1.165) is 0 Å². The molecule has 0 bridgehead atoms. The SMILES string of the molecule is CC1CN(C(=O)CCOc2ccc(F)cc2Cl)CC(C)N1. The summed E-state index contributed by atoms with van der Waals surface area (Å²) in [5.74, 6) is 0.0496. The van der Waals surface area contributed by atoms with Crippen molar-refractivity contribution in [3.05, 3.63) is 29.0 Å². The molecule has 0 aromatic heterocycles. The Kier molecular flexibility index (Phi) is 5.42. The molecular weight excluding hydrogens is 295 g/mol. The molecule has 6 heteroatoms. The van der Waals surface area contributed by atoms with Gasteiger partial charge in [0.2, 0.25) is 5.91 Å². The van der Waals surface area contributed by atoms with Gasteiger partial charge in [-0.15, -0.1) is 0 Å². The van der Waals surface area contributed by atoms with Gasteiger partial charge in [-0.05, 0) is 32.0 Å². The number of benzene rings is 1. The van der Waals surface area contributed by atoms with E-state index in [1.54, 1.807) is 0 Å². The molecule has 21 heavy (non-hydrogen) atoms. The van der Waals surface area contributed by atoms with Crippen molar-refractivity contribution < 1.29 is 13.9 Å². The molecule has 1 heterocycles. The second-order valence-electron chi connectivity index (χ2n) is 5.44. The van der Waals surface area contributed by atoms with Gasteiger partial charge in [-0.1, -0.05) is 11.6 Å². The highest BCUT2D eigenvalue weighted by molar-refractivity contribution is 6.32. The quantitative estimate of drug-likeness (QED) is 0.928. The van der Waals surface area contributed by atoms with Crippen LogP contribution in [-0.2, 0) is 4.79 Å². The summed E-state index contributed by atoms with van der Waals surface area (Å²) in [7, 11) is 0.